The van der Waals surface area contributed by atoms with E-state index in [0.29, 0.717) is 0 Å². The number of rotatable bonds is 5. The fourth-order valence-corrected chi connectivity index (χ4v) is 2.81. The molecule has 0 heterocycles. The van der Waals surface area contributed by atoms with Crippen LogP contribution in [0.1, 0.15) is 20.7 Å². The molecular formula is C20H12ClF2N3O4. The average Bonchev–Trinajstić information content (AvgIpc) is 2.70. The van der Waals surface area contributed by atoms with Gasteiger partial charge in [0.25, 0.3) is 17.5 Å². The second kappa shape index (κ2) is 8.66. The first-order valence-electron chi connectivity index (χ1n) is 8.37. The molecule has 0 aliphatic carbocycles. The highest BCUT2D eigenvalue weighted by Crippen LogP contribution is 2.25. The number of nitrogens with zero attached hydrogens (tertiary/aromatic N) is 1. The molecular weight excluding hydrogens is 420 g/mol. The summed E-state index contributed by atoms with van der Waals surface area (Å²) in [6, 6.07) is 12.2. The van der Waals surface area contributed by atoms with Crippen molar-refractivity contribution in [2.45, 2.75) is 0 Å². The zero-order valence-electron chi connectivity index (χ0n) is 15.0. The Balaban J connectivity index is 1.82. The first-order valence-corrected chi connectivity index (χ1v) is 8.75. The van der Waals surface area contributed by atoms with Crippen LogP contribution >= 0.6 is 11.6 Å². The molecule has 7 nitrogen and oxygen atoms in total. The van der Waals surface area contributed by atoms with Gasteiger partial charge in [-0.3, -0.25) is 19.7 Å². The van der Waals surface area contributed by atoms with Crippen molar-refractivity contribution in [1.82, 2.24) is 0 Å². The lowest BCUT2D eigenvalue weighted by molar-refractivity contribution is -0.384. The maximum absolute atomic E-state index is 13.3. The van der Waals surface area contributed by atoms with Crippen molar-refractivity contribution >= 4 is 40.5 Å². The molecule has 2 amide bonds. The normalized spacial score (nSPS) is 10.4. The number of nitrogens with one attached hydrogen (secondary N) is 2. The summed E-state index contributed by atoms with van der Waals surface area (Å²) in [5.41, 5.74) is -0.106. The van der Waals surface area contributed by atoms with E-state index in [-0.39, 0.29) is 33.2 Å². The van der Waals surface area contributed by atoms with Crippen molar-refractivity contribution in [2.75, 3.05) is 10.6 Å². The number of amides is 2. The number of anilines is 2. The van der Waals surface area contributed by atoms with Gasteiger partial charge < -0.3 is 10.6 Å². The molecule has 0 bridgehead atoms. The summed E-state index contributed by atoms with van der Waals surface area (Å²) in [6.07, 6.45) is 0. The van der Waals surface area contributed by atoms with Crippen LogP contribution in [-0.4, -0.2) is 16.7 Å². The quantitative estimate of drug-likeness (QED) is 0.437. The van der Waals surface area contributed by atoms with Gasteiger partial charge in [-0.1, -0.05) is 23.7 Å². The summed E-state index contributed by atoms with van der Waals surface area (Å²) in [5, 5.41) is 15.6. The Labute approximate surface area is 173 Å². The van der Waals surface area contributed by atoms with E-state index in [1.54, 1.807) is 12.1 Å². The smallest absolute Gasteiger partial charge is 0.270 e. The molecule has 2 N–H and O–H groups in total. The van der Waals surface area contributed by atoms with Gasteiger partial charge in [0, 0.05) is 23.9 Å². The molecule has 30 heavy (non-hydrogen) atoms. The van der Waals surface area contributed by atoms with Crippen LogP contribution in [0.25, 0.3) is 0 Å². The summed E-state index contributed by atoms with van der Waals surface area (Å²) >= 11 is 5.96. The van der Waals surface area contributed by atoms with E-state index in [1.807, 2.05) is 0 Å². The van der Waals surface area contributed by atoms with Gasteiger partial charge in [-0.05, 0) is 30.3 Å². The van der Waals surface area contributed by atoms with Crippen LogP contribution in [0, 0.1) is 21.7 Å². The SMILES string of the molecule is O=C(Nc1ccccc1C(=O)Nc1ccc(F)c(F)c1)c1ccc([N+](=O)[O-])cc1Cl. The summed E-state index contributed by atoms with van der Waals surface area (Å²) < 4.78 is 26.4. The highest BCUT2D eigenvalue weighted by atomic mass is 35.5. The zero-order chi connectivity index (χ0) is 21.8. The number of hydrogen-bond acceptors (Lipinski definition) is 4. The van der Waals surface area contributed by atoms with Crippen LogP contribution in [-0.2, 0) is 0 Å². The Hall–Kier alpha value is -3.85. The van der Waals surface area contributed by atoms with Crippen LogP contribution in [0.4, 0.5) is 25.8 Å². The predicted octanol–water partition coefficient (Wildman–Crippen LogP) is 5.03. The number of carbonyl (C=O) groups excluding carboxylic acids is 2. The molecule has 0 saturated heterocycles. The molecule has 0 atom stereocenters. The predicted molar refractivity (Wildman–Crippen MR) is 107 cm³/mol. The lowest BCUT2D eigenvalue weighted by Crippen LogP contribution is -2.18. The van der Waals surface area contributed by atoms with E-state index >= 15 is 0 Å². The van der Waals surface area contributed by atoms with Gasteiger partial charge in [-0.15, -0.1) is 0 Å². The van der Waals surface area contributed by atoms with Crippen molar-refractivity contribution in [1.29, 1.82) is 0 Å². The maximum Gasteiger partial charge on any atom is 0.270 e. The Morgan fingerprint density at radius 3 is 2.23 bits per heavy atom. The lowest BCUT2D eigenvalue weighted by Gasteiger charge is -2.12. The van der Waals surface area contributed by atoms with Crippen molar-refractivity contribution in [2.24, 2.45) is 0 Å². The minimum atomic E-state index is -1.12. The van der Waals surface area contributed by atoms with Crippen LogP contribution in [0.15, 0.2) is 60.7 Å². The Morgan fingerprint density at radius 1 is 0.867 bits per heavy atom. The highest BCUT2D eigenvalue weighted by molar-refractivity contribution is 6.34. The molecule has 0 saturated carbocycles. The van der Waals surface area contributed by atoms with E-state index < -0.39 is 28.4 Å². The molecule has 0 unspecified atom stereocenters. The van der Waals surface area contributed by atoms with E-state index in [2.05, 4.69) is 10.6 Å². The molecule has 152 valence electrons. The van der Waals surface area contributed by atoms with Gasteiger partial charge in [0.2, 0.25) is 0 Å². The number of carbonyl (C=O) groups is 2. The maximum atomic E-state index is 13.3. The summed E-state index contributed by atoms with van der Waals surface area (Å²) in [6.45, 7) is 0. The molecule has 3 aromatic carbocycles. The van der Waals surface area contributed by atoms with Crippen molar-refractivity contribution < 1.29 is 23.3 Å². The molecule has 0 radical (unpaired) electrons. The topological polar surface area (TPSA) is 101 Å². The highest BCUT2D eigenvalue weighted by Gasteiger charge is 2.18. The minimum Gasteiger partial charge on any atom is -0.322 e. The zero-order valence-corrected chi connectivity index (χ0v) is 15.7. The second-order valence-electron chi connectivity index (χ2n) is 6.00. The van der Waals surface area contributed by atoms with Gasteiger partial charge in [-0.2, -0.15) is 0 Å². The third kappa shape index (κ3) is 4.58. The van der Waals surface area contributed by atoms with Gasteiger partial charge in [-0.25, -0.2) is 8.78 Å². The monoisotopic (exact) mass is 431 g/mol. The van der Waals surface area contributed by atoms with Crippen LogP contribution in [0.3, 0.4) is 0 Å². The lowest BCUT2D eigenvalue weighted by atomic mass is 10.1. The number of nitro groups is 1. The fourth-order valence-electron chi connectivity index (χ4n) is 2.55. The molecule has 0 spiro atoms. The van der Waals surface area contributed by atoms with Gasteiger partial charge in [0.15, 0.2) is 11.6 Å². The Morgan fingerprint density at radius 2 is 1.57 bits per heavy atom. The van der Waals surface area contributed by atoms with Crippen LogP contribution in [0.5, 0.6) is 0 Å². The van der Waals surface area contributed by atoms with E-state index in [1.165, 1.54) is 24.3 Å². The number of hydrogen-bond donors (Lipinski definition) is 2. The van der Waals surface area contributed by atoms with E-state index in [0.717, 1.165) is 24.3 Å². The number of halogens is 3. The Bertz CT molecular complexity index is 1170. The molecule has 10 heteroatoms. The summed E-state index contributed by atoms with van der Waals surface area (Å²) in [7, 11) is 0. The molecule has 0 fully saturated rings. The second-order valence-corrected chi connectivity index (χ2v) is 6.41. The molecule has 0 aliphatic rings. The number of benzene rings is 3. The molecule has 3 aromatic rings. The minimum absolute atomic E-state index is 0.0263. The Kier molecular flexibility index (Phi) is 6.03. The van der Waals surface area contributed by atoms with Gasteiger partial charge >= 0.3 is 0 Å². The number of nitro benzene ring substituents is 1. The van der Waals surface area contributed by atoms with Crippen LogP contribution in [0.2, 0.25) is 5.02 Å². The molecule has 3 rings (SSSR count). The van der Waals surface area contributed by atoms with E-state index in [4.69, 9.17) is 11.6 Å². The largest absolute Gasteiger partial charge is 0.322 e. The average molecular weight is 432 g/mol. The molecule has 0 aromatic heterocycles. The van der Waals surface area contributed by atoms with E-state index in [9.17, 15) is 28.5 Å². The number of non-ortho nitro benzene ring substituents is 1. The summed E-state index contributed by atoms with van der Waals surface area (Å²) in [4.78, 5) is 35.2. The number of para-hydroxylation sites is 1. The van der Waals surface area contributed by atoms with Crippen LogP contribution < -0.4 is 10.6 Å². The van der Waals surface area contributed by atoms with Gasteiger partial charge in [0.05, 0.1) is 26.8 Å². The van der Waals surface area contributed by atoms with Crippen molar-refractivity contribution in [3.8, 4) is 0 Å². The third-order valence-corrected chi connectivity index (χ3v) is 4.32. The fraction of sp³-hybridized carbons (Fsp3) is 0. The third-order valence-electron chi connectivity index (χ3n) is 4.01. The van der Waals surface area contributed by atoms with Gasteiger partial charge in [0.1, 0.15) is 0 Å². The van der Waals surface area contributed by atoms with Crippen molar-refractivity contribution in [3.63, 3.8) is 0 Å². The first kappa shape index (κ1) is 20.9. The van der Waals surface area contributed by atoms with Crippen molar-refractivity contribution in [3.05, 3.63) is 98.6 Å². The standard InChI is InChI=1S/C20H12ClF2N3O4/c21-15-10-12(26(29)30)6-7-13(15)19(27)25-18-4-2-1-3-14(18)20(28)24-11-5-8-16(22)17(23)9-11/h1-10H,(H,24,28)(H,25,27). The summed E-state index contributed by atoms with van der Waals surface area (Å²) in [5.74, 6) is -3.54. The first-order chi connectivity index (χ1) is 14.3. The molecule has 0 aliphatic heterocycles.